The molecule has 0 saturated heterocycles. The minimum atomic E-state index is -0.0879. The van der Waals surface area contributed by atoms with Crippen LogP contribution in [-0.4, -0.2) is 44.9 Å². The zero-order chi connectivity index (χ0) is 24.7. The van der Waals surface area contributed by atoms with Gasteiger partial charge in [-0.15, -0.1) is 0 Å². The molecule has 0 atom stereocenters. The highest BCUT2D eigenvalue weighted by Crippen LogP contribution is 2.31. The molecule has 2 aromatic carbocycles. The van der Waals surface area contributed by atoms with Gasteiger partial charge in [-0.05, 0) is 49.9 Å². The first-order valence-electron chi connectivity index (χ1n) is 13.8. The van der Waals surface area contributed by atoms with Gasteiger partial charge in [0.15, 0.2) is 0 Å². The molecular weight excluding hydrogens is 448 g/mol. The molecule has 5 rings (SSSR count). The topological polar surface area (TPSA) is 67.2 Å². The predicted molar refractivity (Wildman–Crippen MR) is 143 cm³/mol. The van der Waals surface area contributed by atoms with Crippen molar-refractivity contribution in [1.29, 1.82) is 0 Å². The Bertz CT molecular complexity index is 1140. The SMILES string of the molecule is O=C(NCCc1nc2ccccc2n1CC(=O)N(C1CCCCC1)C1CCCCC1)c1ccccc1. The zero-order valence-corrected chi connectivity index (χ0v) is 21.2. The van der Waals surface area contributed by atoms with Gasteiger partial charge in [0.1, 0.15) is 12.4 Å². The Morgan fingerprint density at radius 2 is 1.44 bits per heavy atom. The van der Waals surface area contributed by atoms with Crippen LogP contribution in [0, 0.1) is 0 Å². The molecule has 0 spiro atoms. The van der Waals surface area contributed by atoms with Crippen LogP contribution in [-0.2, 0) is 17.8 Å². The smallest absolute Gasteiger partial charge is 0.251 e. The Labute approximate surface area is 214 Å². The summed E-state index contributed by atoms with van der Waals surface area (Å²) in [6, 6.07) is 18.0. The second-order valence-corrected chi connectivity index (χ2v) is 10.4. The molecule has 2 aliphatic carbocycles. The number of nitrogens with one attached hydrogen (secondary N) is 1. The second-order valence-electron chi connectivity index (χ2n) is 10.4. The maximum Gasteiger partial charge on any atom is 0.251 e. The van der Waals surface area contributed by atoms with Gasteiger partial charge in [-0.1, -0.05) is 68.9 Å². The van der Waals surface area contributed by atoms with E-state index in [-0.39, 0.29) is 11.8 Å². The number of hydrogen-bond acceptors (Lipinski definition) is 3. The first kappa shape index (κ1) is 24.5. The van der Waals surface area contributed by atoms with Gasteiger partial charge in [0.05, 0.1) is 11.0 Å². The van der Waals surface area contributed by atoms with Crippen LogP contribution in [0.2, 0.25) is 0 Å². The molecule has 6 nitrogen and oxygen atoms in total. The standard InChI is InChI=1S/C30H38N4O2/c35-29(34(24-14-6-2-7-15-24)25-16-8-3-9-17-25)22-33-27-19-11-10-18-26(27)32-28(33)20-21-31-30(36)23-12-4-1-5-13-23/h1,4-5,10-13,18-19,24-25H,2-3,6-9,14-17,20-22H2,(H,31,36). The maximum atomic E-state index is 14.0. The van der Waals surface area contributed by atoms with Crippen LogP contribution in [0.15, 0.2) is 54.6 Å². The molecule has 1 heterocycles. The highest BCUT2D eigenvalue weighted by atomic mass is 16.2. The van der Waals surface area contributed by atoms with Crippen LogP contribution >= 0.6 is 0 Å². The predicted octanol–water partition coefficient (Wildman–Crippen LogP) is 5.50. The van der Waals surface area contributed by atoms with Crippen LogP contribution in [0.4, 0.5) is 0 Å². The third-order valence-electron chi connectivity index (χ3n) is 7.92. The summed E-state index contributed by atoms with van der Waals surface area (Å²) in [5.74, 6) is 0.992. The van der Waals surface area contributed by atoms with Crippen molar-refractivity contribution in [2.75, 3.05) is 6.54 Å². The summed E-state index contributed by atoms with van der Waals surface area (Å²) in [7, 11) is 0. The summed E-state index contributed by atoms with van der Waals surface area (Å²) in [6.45, 7) is 0.787. The number of para-hydroxylation sites is 2. The van der Waals surface area contributed by atoms with E-state index in [1.165, 1.54) is 38.5 Å². The van der Waals surface area contributed by atoms with Crippen molar-refractivity contribution >= 4 is 22.8 Å². The molecule has 0 unspecified atom stereocenters. The molecule has 6 heteroatoms. The van der Waals surface area contributed by atoms with Crippen LogP contribution in [0.3, 0.4) is 0 Å². The van der Waals surface area contributed by atoms with E-state index < -0.39 is 0 Å². The van der Waals surface area contributed by atoms with Gasteiger partial charge in [0.25, 0.3) is 5.91 Å². The molecule has 2 fully saturated rings. The number of benzene rings is 2. The van der Waals surface area contributed by atoms with Gasteiger partial charge in [0, 0.05) is 30.6 Å². The van der Waals surface area contributed by atoms with Crippen molar-refractivity contribution in [3.05, 3.63) is 66.0 Å². The highest BCUT2D eigenvalue weighted by molar-refractivity contribution is 5.94. The molecule has 3 aromatic rings. The van der Waals surface area contributed by atoms with E-state index in [9.17, 15) is 9.59 Å². The Balaban J connectivity index is 1.34. The first-order valence-corrected chi connectivity index (χ1v) is 13.8. The normalized spacial score (nSPS) is 17.2. The van der Waals surface area contributed by atoms with E-state index in [2.05, 4.69) is 14.8 Å². The number of imidazole rings is 1. The fraction of sp³-hybridized carbons (Fsp3) is 0.500. The van der Waals surface area contributed by atoms with Crippen molar-refractivity contribution in [2.45, 2.75) is 89.3 Å². The first-order chi connectivity index (χ1) is 17.7. The van der Waals surface area contributed by atoms with Crippen molar-refractivity contribution in [3.63, 3.8) is 0 Å². The highest BCUT2D eigenvalue weighted by Gasteiger charge is 2.33. The van der Waals surface area contributed by atoms with Crippen molar-refractivity contribution in [2.24, 2.45) is 0 Å². The summed E-state index contributed by atoms with van der Waals surface area (Å²) < 4.78 is 2.09. The number of fused-ring (bicyclic) bond motifs is 1. The number of rotatable bonds is 8. The minimum Gasteiger partial charge on any atom is -0.352 e. The van der Waals surface area contributed by atoms with Crippen LogP contribution in [0.5, 0.6) is 0 Å². The molecule has 2 amide bonds. The van der Waals surface area contributed by atoms with E-state index >= 15 is 0 Å². The van der Waals surface area contributed by atoms with Gasteiger partial charge >= 0.3 is 0 Å². The molecule has 0 radical (unpaired) electrons. The van der Waals surface area contributed by atoms with Crippen LogP contribution < -0.4 is 5.32 Å². The summed E-state index contributed by atoms with van der Waals surface area (Å²) in [5, 5.41) is 3.01. The summed E-state index contributed by atoms with van der Waals surface area (Å²) in [4.78, 5) is 33.6. The molecule has 2 saturated carbocycles. The largest absolute Gasteiger partial charge is 0.352 e. The lowest BCUT2D eigenvalue weighted by molar-refractivity contribution is -0.138. The number of nitrogens with zero attached hydrogens (tertiary/aromatic N) is 3. The molecule has 0 bridgehead atoms. The van der Waals surface area contributed by atoms with E-state index in [0.717, 1.165) is 42.5 Å². The van der Waals surface area contributed by atoms with Gasteiger partial charge in [0.2, 0.25) is 5.91 Å². The quantitative estimate of drug-likeness (QED) is 0.457. The lowest BCUT2D eigenvalue weighted by Gasteiger charge is -2.42. The fourth-order valence-corrected chi connectivity index (χ4v) is 6.11. The second kappa shape index (κ2) is 11.7. The van der Waals surface area contributed by atoms with Gasteiger partial charge in [-0.2, -0.15) is 0 Å². The van der Waals surface area contributed by atoms with Crippen molar-refractivity contribution < 1.29 is 9.59 Å². The fourth-order valence-electron chi connectivity index (χ4n) is 6.11. The minimum absolute atomic E-state index is 0.0879. The third-order valence-corrected chi connectivity index (χ3v) is 7.92. The summed E-state index contributed by atoms with van der Waals surface area (Å²) in [6.07, 6.45) is 12.6. The summed E-state index contributed by atoms with van der Waals surface area (Å²) >= 11 is 0. The lowest BCUT2D eigenvalue weighted by Crippen LogP contribution is -2.50. The number of hydrogen-bond donors (Lipinski definition) is 1. The Morgan fingerprint density at radius 1 is 0.833 bits per heavy atom. The Kier molecular flexibility index (Phi) is 7.99. The third kappa shape index (κ3) is 5.63. The molecule has 0 aliphatic heterocycles. The average molecular weight is 487 g/mol. The monoisotopic (exact) mass is 486 g/mol. The van der Waals surface area contributed by atoms with E-state index in [0.29, 0.717) is 37.2 Å². The van der Waals surface area contributed by atoms with E-state index in [1.54, 1.807) is 0 Å². The molecule has 1 aromatic heterocycles. The molecule has 36 heavy (non-hydrogen) atoms. The van der Waals surface area contributed by atoms with Crippen molar-refractivity contribution in [3.8, 4) is 0 Å². The van der Waals surface area contributed by atoms with Crippen LogP contribution in [0.25, 0.3) is 11.0 Å². The van der Waals surface area contributed by atoms with Gasteiger partial charge < -0.3 is 14.8 Å². The van der Waals surface area contributed by atoms with E-state index in [1.807, 2.05) is 54.6 Å². The Morgan fingerprint density at radius 3 is 2.11 bits per heavy atom. The molecule has 2 aliphatic rings. The lowest BCUT2D eigenvalue weighted by atomic mass is 9.88. The van der Waals surface area contributed by atoms with E-state index in [4.69, 9.17) is 4.98 Å². The van der Waals surface area contributed by atoms with Crippen LogP contribution in [0.1, 0.15) is 80.4 Å². The number of carbonyl (C=O) groups is 2. The average Bonchev–Trinajstić information content (AvgIpc) is 3.27. The van der Waals surface area contributed by atoms with Gasteiger partial charge in [-0.3, -0.25) is 9.59 Å². The molecule has 190 valence electrons. The number of aromatic nitrogens is 2. The number of amides is 2. The summed E-state index contributed by atoms with van der Waals surface area (Å²) in [5.41, 5.74) is 2.54. The van der Waals surface area contributed by atoms with Crippen molar-refractivity contribution in [1.82, 2.24) is 19.8 Å². The number of carbonyl (C=O) groups excluding carboxylic acids is 2. The Hall–Kier alpha value is -3.15. The molecular formula is C30H38N4O2. The van der Waals surface area contributed by atoms with Gasteiger partial charge in [-0.25, -0.2) is 4.98 Å². The molecule has 1 N–H and O–H groups in total. The zero-order valence-electron chi connectivity index (χ0n) is 21.2. The maximum absolute atomic E-state index is 14.0.